The highest BCUT2D eigenvalue weighted by Crippen LogP contribution is 2.37. The third-order valence-corrected chi connectivity index (χ3v) is 8.63. The number of carbonyl (C=O) groups excluding carboxylic acids is 2. The van der Waals surface area contributed by atoms with Gasteiger partial charge in [0.1, 0.15) is 11.5 Å². The summed E-state index contributed by atoms with van der Waals surface area (Å²) in [6.07, 6.45) is 1.49. The predicted octanol–water partition coefficient (Wildman–Crippen LogP) is 4.48. The van der Waals surface area contributed by atoms with Crippen LogP contribution in [0.2, 0.25) is 0 Å². The molecule has 1 aromatic heterocycles. The number of ether oxygens (including phenoxy) is 2. The van der Waals surface area contributed by atoms with Crippen molar-refractivity contribution in [1.82, 2.24) is 14.7 Å². The first-order valence-electron chi connectivity index (χ1n) is 13.2. The van der Waals surface area contributed by atoms with E-state index < -0.39 is 0 Å². The summed E-state index contributed by atoms with van der Waals surface area (Å²) >= 11 is 1.83. The molecule has 2 amide bonds. The van der Waals surface area contributed by atoms with Gasteiger partial charge in [-0.2, -0.15) is 0 Å². The fourth-order valence-corrected chi connectivity index (χ4v) is 6.52. The summed E-state index contributed by atoms with van der Waals surface area (Å²) in [4.78, 5) is 34.3. The summed E-state index contributed by atoms with van der Waals surface area (Å²) in [5.74, 6) is 1.23. The van der Waals surface area contributed by atoms with Crippen molar-refractivity contribution in [3.8, 4) is 11.5 Å². The average molecular weight is 534 g/mol. The molecule has 2 atom stereocenters. The monoisotopic (exact) mass is 533 g/mol. The lowest BCUT2D eigenvalue weighted by Crippen LogP contribution is -2.55. The number of hydrogen-bond acceptors (Lipinski definition) is 6. The van der Waals surface area contributed by atoms with Crippen molar-refractivity contribution in [3.63, 3.8) is 0 Å². The lowest BCUT2D eigenvalue weighted by molar-refractivity contribution is -0.134. The van der Waals surface area contributed by atoms with Crippen LogP contribution < -0.4 is 9.47 Å². The lowest BCUT2D eigenvalue weighted by Gasteiger charge is -2.41. The first-order chi connectivity index (χ1) is 18.5. The maximum Gasteiger partial charge on any atom is 0.254 e. The second kappa shape index (κ2) is 11.6. The van der Waals surface area contributed by atoms with Gasteiger partial charge < -0.3 is 19.3 Å². The van der Waals surface area contributed by atoms with Crippen LogP contribution in [0, 0.1) is 0 Å². The van der Waals surface area contributed by atoms with Crippen LogP contribution in [-0.4, -0.2) is 79.5 Å². The van der Waals surface area contributed by atoms with Gasteiger partial charge in [0.05, 0.1) is 20.3 Å². The van der Waals surface area contributed by atoms with E-state index in [0.29, 0.717) is 49.7 Å². The Morgan fingerprint density at radius 3 is 2.39 bits per heavy atom. The van der Waals surface area contributed by atoms with Gasteiger partial charge in [-0.1, -0.05) is 30.3 Å². The number of rotatable bonds is 7. The molecule has 7 nitrogen and oxygen atoms in total. The van der Waals surface area contributed by atoms with E-state index in [1.54, 1.807) is 32.4 Å². The van der Waals surface area contributed by atoms with E-state index in [-0.39, 0.29) is 23.9 Å². The van der Waals surface area contributed by atoms with Gasteiger partial charge in [-0.15, -0.1) is 11.3 Å². The molecule has 2 aromatic carbocycles. The molecule has 1 saturated heterocycles. The van der Waals surface area contributed by atoms with Gasteiger partial charge in [0.25, 0.3) is 5.91 Å². The zero-order chi connectivity index (χ0) is 26.6. The molecule has 0 aliphatic carbocycles. The first kappa shape index (κ1) is 26.3. The number of carbonyl (C=O) groups is 2. The standard InChI is InChI=1S/C30H35N3O4S/c1-21-20-32(14-15-33(21)30(35)23-17-24(36-2)19-25(18-23)37-3)28(34)10-13-31-12-9-27-26(11-16-38-27)29(31)22-7-5-4-6-8-22/h4-8,11,16-19,21,29H,9-10,12-15,20H2,1-3H3. The number of hydrogen-bond donors (Lipinski definition) is 0. The van der Waals surface area contributed by atoms with Gasteiger partial charge in [0, 0.05) is 61.7 Å². The molecule has 2 aliphatic rings. The van der Waals surface area contributed by atoms with E-state index in [2.05, 4.69) is 40.6 Å². The largest absolute Gasteiger partial charge is 0.497 e. The van der Waals surface area contributed by atoms with E-state index in [0.717, 1.165) is 13.0 Å². The van der Waals surface area contributed by atoms with E-state index >= 15 is 0 Å². The highest BCUT2D eigenvalue weighted by molar-refractivity contribution is 7.10. The minimum Gasteiger partial charge on any atom is -0.497 e. The number of methoxy groups -OCH3 is 2. The van der Waals surface area contributed by atoms with Crippen LogP contribution in [0.4, 0.5) is 0 Å². The van der Waals surface area contributed by atoms with Gasteiger partial charge >= 0.3 is 0 Å². The van der Waals surface area contributed by atoms with Crippen molar-refractivity contribution in [2.45, 2.75) is 31.8 Å². The van der Waals surface area contributed by atoms with E-state index in [1.165, 1.54) is 16.0 Å². The summed E-state index contributed by atoms with van der Waals surface area (Å²) in [5.41, 5.74) is 3.17. The van der Waals surface area contributed by atoms with E-state index in [1.807, 2.05) is 34.1 Å². The SMILES string of the molecule is COc1cc(OC)cc(C(=O)N2CCN(C(=O)CCN3CCc4sccc4C3c3ccccc3)CC2C)c1. The number of fused-ring (bicyclic) bond motifs is 1. The second-order valence-corrected chi connectivity index (χ2v) is 10.9. The summed E-state index contributed by atoms with van der Waals surface area (Å²) in [6.45, 7) is 5.23. The molecule has 3 aromatic rings. The summed E-state index contributed by atoms with van der Waals surface area (Å²) < 4.78 is 10.7. The Morgan fingerprint density at radius 2 is 1.71 bits per heavy atom. The van der Waals surface area contributed by atoms with Gasteiger partial charge in [0.2, 0.25) is 5.91 Å². The summed E-state index contributed by atoms with van der Waals surface area (Å²) in [5, 5.41) is 2.18. The average Bonchev–Trinajstić information content (AvgIpc) is 3.44. The van der Waals surface area contributed by atoms with Gasteiger partial charge in [-0.25, -0.2) is 0 Å². The molecule has 38 heavy (non-hydrogen) atoms. The van der Waals surface area contributed by atoms with Gasteiger partial charge in [-0.3, -0.25) is 14.5 Å². The van der Waals surface area contributed by atoms with Crippen LogP contribution in [0.3, 0.4) is 0 Å². The van der Waals surface area contributed by atoms with Crippen molar-refractivity contribution >= 4 is 23.2 Å². The number of amides is 2. The van der Waals surface area contributed by atoms with Crippen LogP contribution in [0.5, 0.6) is 11.5 Å². The molecule has 0 spiro atoms. The molecular formula is C30H35N3O4S. The third kappa shape index (κ3) is 5.42. The number of piperazine rings is 1. The molecule has 5 rings (SSSR count). The van der Waals surface area contributed by atoms with E-state index in [9.17, 15) is 9.59 Å². The molecule has 1 fully saturated rings. The lowest BCUT2D eigenvalue weighted by atomic mass is 9.93. The number of thiophene rings is 1. The Balaban J connectivity index is 1.21. The Morgan fingerprint density at radius 1 is 0.974 bits per heavy atom. The van der Waals surface area contributed by atoms with Gasteiger partial charge in [0.15, 0.2) is 0 Å². The zero-order valence-corrected chi connectivity index (χ0v) is 23.1. The Hall–Kier alpha value is -3.36. The molecule has 0 bridgehead atoms. The molecular weight excluding hydrogens is 498 g/mol. The molecule has 2 unspecified atom stereocenters. The first-order valence-corrected chi connectivity index (χ1v) is 14.0. The molecule has 8 heteroatoms. The Bertz CT molecular complexity index is 1260. The van der Waals surface area contributed by atoms with Crippen molar-refractivity contribution in [3.05, 3.63) is 81.5 Å². The maximum atomic E-state index is 13.3. The number of nitrogens with zero attached hydrogens (tertiary/aromatic N) is 3. The van der Waals surface area contributed by atoms with Crippen LogP contribution in [0.25, 0.3) is 0 Å². The molecule has 2 aliphatic heterocycles. The van der Waals surface area contributed by atoms with Crippen molar-refractivity contribution in [1.29, 1.82) is 0 Å². The normalized spacial score (nSPS) is 19.7. The molecule has 0 N–H and O–H groups in total. The Labute approximate surface area is 228 Å². The van der Waals surface area contributed by atoms with Crippen LogP contribution in [-0.2, 0) is 11.2 Å². The molecule has 200 valence electrons. The molecule has 3 heterocycles. The maximum absolute atomic E-state index is 13.3. The zero-order valence-electron chi connectivity index (χ0n) is 22.3. The fraction of sp³-hybridized carbons (Fsp3) is 0.400. The van der Waals surface area contributed by atoms with E-state index in [4.69, 9.17) is 9.47 Å². The minimum atomic E-state index is -0.0854. The van der Waals surface area contributed by atoms with Crippen molar-refractivity contribution in [2.24, 2.45) is 0 Å². The van der Waals surface area contributed by atoms with Gasteiger partial charge in [-0.05, 0) is 48.1 Å². The predicted molar refractivity (Wildman–Crippen MR) is 149 cm³/mol. The molecule has 0 saturated carbocycles. The fourth-order valence-electron chi connectivity index (χ4n) is 5.61. The second-order valence-electron chi connectivity index (χ2n) is 9.94. The topological polar surface area (TPSA) is 62.3 Å². The highest BCUT2D eigenvalue weighted by atomic mass is 32.1. The molecule has 0 radical (unpaired) electrons. The minimum absolute atomic E-state index is 0.0765. The highest BCUT2D eigenvalue weighted by Gasteiger charge is 2.33. The Kier molecular flexibility index (Phi) is 8.00. The quantitative estimate of drug-likeness (QED) is 0.448. The van der Waals surface area contributed by atoms with Crippen molar-refractivity contribution < 1.29 is 19.1 Å². The van der Waals surface area contributed by atoms with Crippen LogP contribution in [0.1, 0.15) is 45.7 Å². The van der Waals surface area contributed by atoms with Crippen molar-refractivity contribution in [2.75, 3.05) is 46.9 Å². The smallest absolute Gasteiger partial charge is 0.254 e. The third-order valence-electron chi connectivity index (χ3n) is 7.63. The number of benzene rings is 2. The van der Waals surface area contributed by atoms with Crippen LogP contribution in [0.15, 0.2) is 60.0 Å². The summed E-state index contributed by atoms with van der Waals surface area (Å²) in [7, 11) is 3.14. The summed E-state index contributed by atoms with van der Waals surface area (Å²) in [6, 6.07) is 18.1. The van der Waals surface area contributed by atoms with Crippen LogP contribution >= 0.6 is 11.3 Å².